The maximum atomic E-state index is 12.7. The van der Waals surface area contributed by atoms with E-state index in [2.05, 4.69) is 26.5 Å². The van der Waals surface area contributed by atoms with Crippen LogP contribution in [0.15, 0.2) is 93.3 Å². The summed E-state index contributed by atoms with van der Waals surface area (Å²) < 4.78 is 36.2. The Kier molecular flexibility index (Phi) is 7.50. The molecule has 10 nitrogen and oxygen atoms in total. The smallest absolute Gasteiger partial charge is 0.339 e. The molecule has 4 aromatic rings. The van der Waals surface area contributed by atoms with Gasteiger partial charge in [0, 0.05) is 17.7 Å². The van der Waals surface area contributed by atoms with Crippen molar-refractivity contribution in [2.45, 2.75) is 4.90 Å². The van der Waals surface area contributed by atoms with Gasteiger partial charge in [-0.25, -0.2) is 5.43 Å². The minimum absolute atomic E-state index is 0.0710. The van der Waals surface area contributed by atoms with Gasteiger partial charge in [-0.2, -0.15) is 13.5 Å². The molecule has 188 valence electrons. The molecule has 0 fully saturated rings. The number of nitro groups is 1. The normalized spacial score (nSPS) is 11.4. The summed E-state index contributed by atoms with van der Waals surface area (Å²) in [7, 11) is -2.99. The van der Waals surface area contributed by atoms with Gasteiger partial charge in [-0.1, -0.05) is 36.4 Å². The number of non-ortho nitro benzene ring substituents is 1. The highest BCUT2D eigenvalue weighted by Gasteiger charge is 2.23. The lowest BCUT2D eigenvalue weighted by atomic mass is 10.0. The maximum Gasteiger partial charge on any atom is 0.339 e. The molecule has 0 aliphatic heterocycles. The number of hydrogen-bond acceptors (Lipinski definition) is 8. The van der Waals surface area contributed by atoms with E-state index in [1.54, 1.807) is 12.1 Å². The zero-order valence-corrected chi connectivity index (χ0v) is 21.5. The number of hydrogen-bond donors (Lipinski definition) is 1. The molecule has 0 spiro atoms. The van der Waals surface area contributed by atoms with Crippen molar-refractivity contribution < 1.29 is 27.1 Å². The molecule has 0 aromatic heterocycles. The molecule has 1 N–H and O–H groups in total. The van der Waals surface area contributed by atoms with Crippen molar-refractivity contribution >= 4 is 54.6 Å². The summed E-state index contributed by atoms with van der Waals surface area (Å²) in [5.41, 5.74) is 3.17. The monoisotopic (exact) mass is 583 g/mol. The average molecular weight is 584 g/mol. The Bertz CT molecular complexity index is 1630. The molecule has 0 bridgehead atoms. The fraction of sp³-hybridized carbons (Fsp3) is 0.0400. The maximum absolute atomic E-state index is 12.7. The molecule has 0 aliphatic carbocycles. The number of nitrogens with one attached hydrogen (secondary N) is 1. The molecule has 4 rings (SSSR count). The van der Waals surface area contributed by atoms with Gasteiger partial charge in [-0.15, -0.1) is 0 Å². The van der Waals surface area contributed by atoms with Crippen molar-refractivity contribution in [3.8, 4) is 11.5 Å². The molecule has 0 saturated heterocycles. The number of rotatable bonds is 8. The predicted octanol–water partition coefficient (Wildman–Crippen LogP) is 5.05. The second-order valence-corrected chi connectivity index (χ2v) is 9.95. The van der Waals surface area contributed by atoms with Crippen LogP contribution < -0.4 is 14.3 Å². The van der Waals surface area contributed by atoms with Crippen molar-refractivity contribution in [3.63, 3.8) is 0 Å². The largest absolute Gasteiger partial charge is 0.493 e. The lowest BCUT2D eigenvalue weighted by molar-refractivity contribution is -0.384. The van der Waals surface area contributed by atoms with Crippen molar-refractivity contribution in [3.05, 3.63) is 105 Å². The van der Waals surface area contributed by atoms with E-state index in [4.69, 9.17) is 8.92 Å². The van der Waals surface area contributed by atoms with E-state index in [9.17, 15) is 23.3 Å². The van der Waals surface area contributed by atoms with Crippen LogP contribution in [-0.2, 0) is 10.1 Å². The van der Waals surface area contributed by atoms with E-state index in [0.717, 1.165) is 35.0 Å². The number of amides is 1. The second-order valence-electron chi connectivity index (χ2n) is 7.55. The number of nitrogens with zero attached hydrogens (tertiary/aromatic N) is 2. The van der Waals surface area contributed by atoms with Crippen molar-refractivity contribution in [1.29, 1.82) is 0 Å². The summed E-state index contributed by atoms with van der Waals surface area (Å²) >= 11 is 3.27. The number of nitro benzene ring substituents is 1. The third-order valence-corrected chi connectivity index (χ3v) is 7.02. The first-order valence-electron chi connectivity index (χ1n) is 10.6. The number of ether oxygens (including phenoxy) is 1. The van der Waals surface area contributed by atoms with Gasteiger partial charge in [0.25, 0.3) is 11.6 Å². The Hall–Kier alpha value is -4.29. The fourth-order valence-electron chi connectivity index (χ4n) is 3.44. The van der Waals surface area contributed by atoms with Crippen molar-refractivity contribution in [2.75, 3.05) is 7.11 Å². The first kappa shape index (κ1) is 25.8. The summed E-state index contributed by atoms with van der Waals surface area (Å²) in [6, 6.07) is 20.2. The third kappa shape index (κ3) is 5.76. The Balaban J connectivity index is 1.53. The van der Waals surface area contributed by atoms with E-state index in [1.807, 2.05) is 30.3 Å². The van der Waals surface area contributed by atoms with E-state index in [-0.39, 0.29) is 26.6 Å². The Labute approximate surface area is 219 Å². The molecule has 0 saturated carbocycles. The third-order valence-electron chi connectivity index (χ3n) is 5.20. The molecule has 0 heterocycles. The predicted molar refractivity (Wildman–Crippen MR) is 141 cm³/mol. The highest BCUT2D eigenvalue weighted by Crippen LogP contribution is 2.38. The zero-order chi connectivity index (χ0) is 26.6. The van der Waals surface area contributed by atoms with Crippen LogP contribution in [-0.4, -0.2) is 32.6 Å². The Morgan fingerprint density at radius 3 is 2.46 bits per heavy atom. The number of methoxy groups -OCH3 is 1. The molecular weight excluding hydrogens is 566 g/mol. The molecule has 1 amide bonds. The van der Waals surface area contributed by atoms with Gasteiger partial charge in [0.05, 0.1) is 22.7 Å². The first-order chi connectivity index (χ1) is 17.7. The molecule has 12 heteroatoms. The lowest BCUT2D eigenvalue weighted by Gasteiger charge is -2.13. The van der Waals surface area contributed by atoms with Crippen molar-refractivity contribution in [2.24, 2.45) is 5.10 Å². The number of carbonyl (C=O) groups is 1. The van der Waals surface area contributed by atoms with Crippen LogP contribution >= 0.6 is 15.9 Å². The summed E-state index contributed by atoms with van der Waals surface area (Å²) in [6.45, 7) is 0. The number of hydrazone groups is 1. The molecule has 0 radical (unpaired) electrons. The van der Waals surface area contributed by atoms with Crippen LogP contribution in [0.4, 0.5) is 5.69 Å². The molecule has 0 aliphatic rings. The molecule has 37 heavy (non-hydrogen) atoms. The average Bonchev–Trinajstić information content (AvgIpc) is 2.89. The number of halogens is 1. The van der Waals surface area contributed by atoms with E-state index >= 15 is 0 Å². The summed E-state index contributed by atoms with van der Waals surface area (Å²) in [5.74, 6) is -0.451. The van der Waals surface area contributed by atoms with Crippen LogP contribution in [0, 0.1) is 10.1 Å². The number of carbonyl (C=O) groups excluding carboxylic acids is 1. The Morgan fingerprint density at radius 1 is 1.05 bits per heavy atom. The van der Waals surface area contributed by atoms with Gasteiger partial charge in [-0.3, -0.25) is 14.9 Å². The van der Waals surface area contributed by atoms with E-state index in [0.29, 0.717) is 11.1 Å². The standard InChI is InChI=1S/C25H18BrN3O7S/c1-35-23-14-16(15-27-28-25(30)21-8-4-6-17-5-2-3-7-20(17)21)13-22(26)24(23)36-37(33,34)19-11-9-18(10-12-19)29(31)32/h2-15H,1H3,(H,28,30)/b27-15-. The van der Waals surface area contributed by atoms with Gasteiger partial charge in [0.2, 0.25) is 0 Å². The summed E-state index contributed by atoms with van der Waals surface area (Å²) in [4.78, 5) is 22.6. The highest BCUT2D eigenvalue weighted by molar-refractivity contribution is 9.10. The highest BCUT2D eigenvalue weighted by atomic mass is 79.9. The van der Waals surface area contributed by atoms with Crippen LogP contribution in [0.3, 0.4) is 0 Å². The van der Waals surface area contributed by atoms with Crippen LogP contribution in [0.5, 0.6) is 11.5 Å². The zero-order valence-electron chi connectivity index (χ0n) is 19.1. The molecular formula is C25H18BrN3O7S. The van der Waals surface area contributed by atoms with Crippen LogP contribution in [0.1, 0.15) is 15.9 Å². The fourth-order valence-corrected chi connectivity index (χ4v) is 5.04. The number of benzene rings is 4. The van der Waals surface area contributed by atoms with Crippen LogP contribution in [0.2, 0.25) is 0 Å². The lowest BCUT2D eigenvalue weighted by Crippen LogP contribution is -2.18. The van der Waals surface area contributed by atoms with Crippen molar-refractivity contribution in [1.82, 2.24) is 5.43 Å². The Morgan fingerprint density at radius 2 is 1.76 bits per heavy atom. The second kappa shape index (κ2) is 10.8. The van der Waals surface area contributed by atoms with Gasteiger partial charge in [-0.05, 0) is 62.6 Å². The summed E-state index contributed by atoms with van der Waals surface area (Å²) in [6.07, 6.45) is 1.37. The minimum atomic E-state index is -4.32. The van der Waals surface area contributed by atoms with Gasteiger partial charge < -0.3 is 8.92 Å². The van der Waals surface area contributed by atoms with Gasteiger partial charge >= 0.3 is 10.1 Å². The van der Waals surface area contributed by atoms with E-state index in [1.165, 1.54) is 25.5 Å². The molecule has 0 unspecified atom stereocenters. The van der Waals surface area contributed by atoms with Gasteiger partial charge in [0.1, 0.15) is 4.90 Å². The molecule has 0 atom stereocenters. The number of fused-ring (bicyclic) bond motifs is 1. The SMILES string of the molecule is COc1cc(/C=N\NC(=O)c2cccc3ccccc23)cc(Br)c1OS(=O)(=O)c1ccc([N+](=O)[O-])cc1. The van der Waals surface area contributed by atoms with Gasteiger partial charge in [0.15, 0.2) is 11.5 Å². The summed E-state index contributed by atoms with van der Waals surface area (Å²) in [5, 5.41) is 16.5. The minimum Gasteiger partial charge on any atom is -0.493 e. The van der Waals surface area contributed by atoms with Crippen LogP contribution in [0.25, 0.3) is 10.8 Å². The quantitative estimate of drug-likeness (QED) is 0.132. The first-order valence-corrected chi connectivity index (χ1v) is 12.8. The topological polar surface area (TPSA) is 137 Å². The molecule has 4 aromatic carbocycles. The van der Waals surface area contributed by atoms with E-state index < -0.39 is 20.9 Å².